The fourth-order valence-corrected chi connectivity index (χ4v) is 3.49. The fraction of sp³-hybridized carbons (Fsp3) is 0.500. The zero-order valence-electron chi connectivity index (χ0n) is 8.79. The Morgan fingerprint density at radius 3 is 3.00 bits per heavy atom. The van der Waals surface area contributed by atoms with Gasteiger partial charge >= 0.3 is 0 Å². The number of thiophene rings is 1. The Morgan fingerprint density at radius 1 is 1.65 bits per heavy atom. The molecule has 0 N–H and O–H groups in total. The molecule has 0 spiro atoms. The third kappa shape index (κ3) is 3.15. The maximum absolute atomic E-state index is 12.2. The molecule has 2 heterocycles. The number of rotatable bonds is 2. The second kappa shape index (κ2) is 5.89. The summed E-state index contributed by atoms with van der Waals surface area (Å²) in [6.07, 6.45) is 0.0422. The van der Waals surface area contributed by atoms with Gasteiger partial charge in [0.1, 0.15) is 4.34 Å². The zero-order chi connectivity index (χ0) is 12.4. The Bertz CT molecular complexity index is 426. The number of morpholine rings is 1. The van der Waals surface area contributed by atoms with Gasteiger partial charge in [-0.15, -0.1) is 11.3 Å². The van der Waals surface area contributed by atoms with Gasteiger partial charge in [-0.1, -0.05) is 39.1 Å². The molecule has 1 amide bonds. The smallest absolute Gasteiger partial charge is 0.256 e. The van der Waals surface area contributed by atoms with Crippen LogP contribution >= 0.6 is 50.5 Å². The Hall–Kier alpha value is 0.190. The van der Waals surface area contributed by atoms with Crippen molar-refractivity contribution in [1.29, 1.82) is 0 Å². The van der Waals surface area contributed by atoms with Gasteiger partial charge in [-0.05, 0) is 6.07 Å². The summed E-state index contributed by atoms with van der Waals surface area (Å²) in [6, 6.07) is 1.62. The van der Waals surface area contributed by atoms with Gasteiger partial charge < -0.3 is 9.64 Å². The first-order chi connectivity index (χ1) is 8.11. The van der Waals surface area contributed by atoms with Crippen LogP contribution in [0.1, 0.15) is 10.4 Å². The predicted octanol–water partition coefficient (Wildman–Crippen LogP) is 3.29. The van der Waals surface area contributed by atoms with E-state index >= 15 is 0 Å². The van der Waals surface area contributed by atoms with E-state index in [4.69, 9.17) is 27.9 Å². The molecule has 7 heteroatoms. The van der Waals surface area contributed by atoms with Crippen molar-refractivity contribution < 1.29 is 9.53 Å². The first-order valence-corrected chi connectivity index (χ1v) is 7.73. The van der Waals surface area contributed by atoms with Crippen molar-refractivity contribution in [2.75, 3.05) is 25.0 Å². The Morgan fingerprint density at radius 2 is 2.41 bits per heavy atom. The lowest BCUT2D eigenvalue weighted by molar-refractivity contribution is -0.00962. The van der Waals surface area contributed by atoms with Gasteiger partial charge in [0, 0.05) is 18.4 Å². The number of nitrogens with zero attached hydrogens (tertiary/aromatic N) is 1. The Kier molecular flexibility index (Phi) is 4.72. The van der Waals surface area contributed by atoms with E-state index in [2.05, 4.69) is 15.9 Å². The van der Waals surface area contributed by atoms with Crippen molar-refractivity contribution >= 4 is 56.4 Å². The molecule has 1 atom stereocenters. The normalized spacial score (nSPS) is 20.6. The molecule has 1 aromatic heterocycles. The summed E-state index contributed by atoms with van der Waals surface area (Å²) in [5, 5.41) is 0.717. The first-order valence-electron chi connectivity index (χ1n) is 5.03. The van der Waals surface area contributed by atoms with Gasteiger partial charge in [-0.3, -0.25) is 4.79 Å². The van der Waals surface area contributed by atoms with Gasteiger partial charge in [-0.25, -0.2) is 0 Å². The number of carbonyl (C=O) groups excluding carboxylic acids is 1. The van der Waals surface area contributed by atoms with Crippen LogP contribution in [0.4, 0.5) is 0 Å². The van der Waals surface area contributed by atoms with Gasteiger partial charge in [0.05, 0.1) is 22.6 Å². The summed E-state index contributed by atoms with van der Waals surface area (Å²) in [4.78, 5) is 14.0. The average Bonchev–Trinajstić information content (AvgIpc) is 2.67. The highest BCUT2D eigenvalue weighted by Crippen LogP contribution is 2.32. The van der Waals surface area contributed by atoms with Crippen LogP contribution in [0.15, 0.2) is 6.07 Å². The molecule has 1 aliphatic heterocycles. The molecule has 0 bridgehead atoms. The van der Waals surface area contributed by atoms with E-state index in [1.54, 1.807) is 11.0 Å². The summed E-state index contributed by atoms with van der Waals surface area (Å²) in [5.74, 6) is -0.0765. The van der Waals surface area contributed by atoms with Crippen LogP contribution in [0.2, 0.25) is 8.67 Å². The predicted molar refractivity (Wildman–Crippen MR) is 73.8 cm³/mol. The minimum absolute atomic E-state index is 0.0422. The minimum atomic E-state index is -0.0765. The monoisotopic (exact) mass is 357 g/mol. The Balaban J connectivity index is 2.12. The number of hydrogen-bond acceptors (Lipinski definition) is 3. The molecule has 0 aliphatic carbocycles. The molecule has 17 heavy (non-hydrogen) atoms. The molecular weight excluding hydrogens is 349 g/mol. The molecule has 0 radical (unpaired) electrons. The van der Waals surface area contributed by atoms with Crippen molar-refractivity contribution in [1.82, 2.24) is 4.90 Å². The molecule has 1 aromatic rings. The third-order valence-electron chi connectivity index (χ3n) is 2.49. The quantitative estimate of drug-likeness (QED) is 0.759. The van der Waals surface area contributed by atoms with Gasteiger partial charge in [-0.2, -0.15) is 0 Å². The summed E-state index contributed by atoms with van der Waals surface area (Å²) in [6.45, 7) is 1.72. The minimum Gasteiger partial charge on any atom is -0.374 e. The third-order valence-corrected chi connectivity index (χ3v) is 4.69. The maximum atomic E-state index is 12.2. The highest BCUT2D eigenvalue weighted by molar-refractivity contribution is 9.09. The lowest BCUT2D eigenvalue weighted by Crippen LogP contribution is -2.46. The van der Waals surface area contributed by atoms with Crippen LogP contribution in [0.5, 0.6) is 0 Å². The van der Waals surface area contributed by atoms with Crippen LogP contribution in [0, 0.1) is 0 Å². The number of halogens is 3. The molecule has 1 fully saturated rings. The SMILES string of the molecule is O=C(c1cc(Cl)sc1Cl)N1CCOC(CBr)C1. The highest BCUT2D eigenvalue weighted by Gasteiger charge is 2.26. The fourth-order valence-electron chi connectivity index (χ4n) is 1.65. The molecule has 0 aromatic carbocycles. The van der Waals surface area contributed by atoms with Gasteiger partial charge in [0.15, 0.2) is 0 Å². The topological polar surface area (TPSA) is 29.5 Å². The lowest BCUT2D eigenvalue weighted by Gasteiger charge is -2.32. The molecule has 1 saturated heterocycles. The molecule has 2 rings (SSSR count). The summed E-state index contributed by atoms with van der Waals surface area (Å²) < 4.78 is 6.46. The molecule has 1 aliphatic rings. The van der Waals surface area contributed by atoms with E-state index in [-0.39, 0.29) is 12.0 Å². The number of amides is 1. The largest absolute Gasteiger partial charge is 0.374 e. The molecule has 3 nitrogen and oxygen atoms in total. The van der Waals surface area contributed by atoms with E-state index in [9.17, 15) is 4.79 Å². The standard InChI is InChI=1S/C10H10BrCl2NO2S/c11-4-6-5-14(1-2-16-6)10(15)7-3-8(12)17-9(7)13/h3,6H,1-2,4-5H2. The zero-order valence-corrected chi connectivity index (χ0v) is 12.7. The second-order valence-corrected chi connectivity index (χ2v) is 6.57. The van der Waals surface area contributed by atoms with Gasteiger partial charge in [0.25, 0.3) is 5.91 Å². The van der Waals surface area contributed by atoms with Crippen molar-refractivity contribution in [3.8, 4) is 0 Å². The van der Waals surface area contributed by atoms with Crippen molar-refractivity contribution in [3.05, 3.63) is 20.3 Å². The summed E-state index contributed by atoms with van der Waals surface area (Å²) >= 11 is 16.4. The molecule has 1 unspecified atom stereocenters. The van der Waals surface area contributed by atoms with Crippen LogP contribution < -0.4 is 0 Å². The lowest BCUT2D eigenvalue weighted by atomic mass is 10.2. The van der Waals surface area contributed by atoms with Crippen LogP contribution in [-0.4, -0.2) is 41.9 Å². The van der Waals surface area contributed by atoms with E-state index in [1.807, 2.05) is 0 Å². The average molecular weight is 359 g/mol. The van der Waals surface area contributed by atoms with E-state index < -0.39 is 0 Å². The molecule has 0 saturated carbocycles. The van der Waals surface area contributed by atoms with Crippen molar-refractivity contribution in [2.45, 2.75) is 6.10 Å². The van der Waals surface area contributed by atoms with E-state index in [0.29, 0.717) is 33.9 Å². The van der Waals surface area contributed by atoms with E-state index in [1.165, 1.54) is 11.3 Å². The first kappa shape index (κ1) is 13.6. The van der Waals surface area contributed by atoms with Crippen LogP contribution in [0.3, 0.4) is 0 Å². The highest BCUT2D eigenvalue weighted by atomic mass is 79.9. The van der Waals surface area contributed by atoms with Gasteiger partial charge in [0.2, 0.25) is 0 Å². The van der Waals surface area contributed by atoms with Crippen LogP contribution in [-0.2, 0) is 4.74 Å². The molecule has 94 valence electrons. The van der Waals surface area contributed by atoms with Crippen LogP contribution in [0.25, 0.3) is 0 Å². The molecular formula is C10H10BrCl2NO2S. The number of alkyl halides is 1. The number of hydrogen-bond donors (Lipinski definition) is 0. The number of ether oxygens (including phenoxy) is 1. The number of carbonyl (C=O) groups is 1. The second-order valence-electron chi connectivity index (χ2n) is 3.64. The summed E-state index contributed by atoms with van der Waals surface area (Å²) in [5.41, 5.74) is 0.483. The summed E-state index contributed by atoms with van der Waals surface area (Å²) in [7, 11) is 0. The Labute approximate surface area is 122 Å². The van der Waals surface area contributed by atoms with Crippen molar-refractivity contribution in [2.24, 2.45) is 0 Å². The van der Waals surface area contributed by atoms with Crippen molar-refractivity contribution in [3.63, 3.8) is 0 Å². The van der Waals surface area contributed by atoms with E-state index in [0.717, 1.165) is 5.33 Å². The maximum Gasteiger partial charge on any atom is 0.256 e.